The quantitative estimate of drug-likeness (QED) is 0.633. The number of aromatic nitrogens is 1. The third-order valence-corrected chi connectivity index (χ3v) is 5.55. The van der Waals surface area contributed by atoms with Crippen LogP contribution >= 0.6 is 0 Å². The zero-order chi connectivity index (χ0) is 18.1. The highest BCUT2D eigenvalue weighted by Gasteiger charge is 2.30. The zero-order valence-electron chi connectivity index (χ0n) is 14.6. The fraction of sp³-hybridized carbons (Fsp3) is 0.500. The van der Waals surface area contributed by atoms with Gasteiger partial charge in [0.2, 0.25) is 0 Å². The summed E-state index contributed by atoms with van der Waals surface area (Å²) in [6.07, 6.45) is 4.82. The van der Waals surface area contributed by atoms with Crippen LogP contribution in [0.3, 0.4) is 0 Å². The van der Waals surface area contributed by atoms with E-state index in [2.05, 4.69) is 15.2 Å². The number of nitro groups is 1. The topological polar surface area (TPSA) is 94.5 Å². The van der Waals surface area contributed by atoms with Gasteiger partial charge in [-0.15, -0.1) is 0 Å². The lowest BCUT2D eigenvalue weighted by molar-refractivity contribution is -0.384. The molecule has 1 aromatic carbocycles. The number of nitro benzene ring substituents is 1. The maximum absolute atomic E-state index is 11.8. The number of carbonyl (C=O) groups excluding carboxylic acids is 1. The molecule has 0 saturated carbocycles. The Kier molecular flexibility index (Phi) is 4.50. The van der Waals surface area contributed by atoms with Crippen molar-refractivity contribution in [3.8, 4) is 0 Å². The van der Waals surface area contributed by atoms with E-state index in [4.69, 9.17) is 0 Å². The molecule has 2 aliphatic heterocycles. The van der Waals surface area contributed by atoms with E-state index < -0.39 is 0 Å². The van der Waals surface area contributed by atoms with Crippen molar-refractivity contribution < 1.29 is 9.72 Å². The zero-order valence-corrected chi connectivity index (χ0v) is 14.6. The first-order chi connectivity index (χ1) is 12.6. The van der Waals surface area contributed by atoms with Gasteiger partial charge in [0.05, 0.1) is 4.92 Å². The minimum Gasteiger partial charge on any atom is -0.361 e. The number of piperidine rings is 1. The van der Waals surface area contributed by atoms with Crippen LogP contribution in [0.25, 0.3) is 10.9 Å². The Bertz CT molecular complexity index is 825. The molecule has 0 bridgehead atoms. The highest BCUT2D eigenvalue weighted by atomic mass is 16.6. The maximum atomic E-state index is 11.8. The number of hydrogen-bond donors (Lipinski definition) is 2. The number of benzene rings is 1. The molecule has 2 saturated heterocycles. The molecule has 8 nitrogen and oxygen atoms in total. The van der Waals surface area contributed by atoms with Crippen molar-refractivity contribution in [3.05, 3.63) is 40.1 Å². The summed E-state index contributed by atoms with van der Waals surface area (Å²) in [5.41, 5.74) is 2.18. The number of rotatable bonds is 5. The van der Waals surface area contributed by atoms with Crippen molar-refractivity contribution >= 4 is 22.6 Å². The van der Waals surface area contributed by atoms with Crippen LogP contribution in [0, 0.1) is 10.1 Å². The lowest BCUT2D eigenvalue weighted by atomic mass is 10.0. The molecule has 138 valence electrons. The van der Waals surface area contributed by atoms with Gasteiger partial charge in [-0.25, -0.2) is 4.79 Å². The molecule has 0 unspecified atom stereocenters. The van der Waals surface area contributed by atoms with Gasteiger partial charge in [0.25, 0.3) is 5.69 Å². The highest BCUT2D eigenvalue weighted by molar-refractivity contribution is 5.85. The smallest absolute Gasteiger partial charge is 0.317 e. The number of urea groups is 1. The third kappa shape index (κ3) is 3.24. The van der Waals surface area contributed by atoms with E-state index in [1.165, 1.54) is 6.07 Å². The summed E-state index contributed by atoms with van der Waals surface area (Å²) in [7, 11) is 0. The van der Waals surface area contributed by atoms with Crippen molar-refractivity contribution in [2.75, 3.05) is 32.7 Å². The fourth-order valence-corrected chi connectivity index (χ4v) is 4.05. The van der Waals surface area contributed by atoms with E-state index >= 15 is 0 Å². The van der Waals surface area contributed by atoms with Gasteiger partial charge < -0.3 is 20.1 Å². The molecule has 0 radical (unpaired) electrons. The van der Waals surface area contributed by atoms with Crippen molar-refractivity contribution in [2.24, 2.45) is 0 Å². The number of aromatic amines is 1. The predicted octanol–water partition coefficient (Wildman–Crippen LogP) is 2.11. The first-order valence-electron chi connectivity index (χ1n) is 9.13. The van der Waals surface area contributed by atoms with Crippen LogP contribution in [0.15, 0.2) is 24.4 Å². The number of hydrogen-bond acceptors (Lipinski definition) is 4. The van der Waals surface area contributed by atoms with Gasteiger partial charge in [0.15, 0.2) is 0 Å². The van der Waals surface area contributed by atoms with E-state index in [9.17, 15) is 14.9 Å². The van der Waals surface area contributed by atoms with Crippen molar-refractivity contribution in [1.29, 1.82) is 0 Å². The van der Waals surface area contributed by atoms with E-state index in [0.717, 1.165) is 68.5 Å². The summed E-state index contributed by atoms with van der Waals surface area (Å²) in [5.74, 6) is 0. The Hall–Kier alpha value is -2.61. The Morgan fingerprint density at radius 3 is 2.73 bits per heavy atom. The largest absolute Gasteiger partial charge is 0.361 e. The van der Waals surface area contributed by atoms with Crippen molar-refractivity contribution in [1.82, 2.24) is 20.1 Å². The molecular formula is C18H23N5O3. The fourth-order valence-electron chi connectivity index (χ4n) is 4.05. The average Bonchev–Trinajstić information content (AvgIpc) is 3.26. The van der Waals surface area contributed by atoms with Crippen molar-refractivity contribution in [2.45, 2.75) is 25.3 Å². The molecule has 0 atom stereocenters. The molecule has 4 rings (SSSR count). The Morgan fingerprint density at radius 1 is 1.23 bits per heavy atom. The summed E-state index contributed by atoms with van der Waals surface area (Å²) in [4.78, 5) is 30.0. The van der Waals surface area contributed by atoms with Crippen molar-refractivity contribution in [3.63, 3.8) is 0 Å². The standard InChI is InChI=1S/C18H23N5O3/c24-18-19-6-10-22(18)14-4-8-21(9-5-14)7-3-13-12-20-17-2-1-15(23(25)26)11-16(13)17/h1-2,11-12,14,20H,3-10H2,(H,19,24). The van der Waals surface area contributed by atoms with E-state index in [0.29, 0.717) is 6.04 Å². The van der Waals surface area contributed by atoms with Gasteiger partial charge >= 0.3 is 6.03 Å². The van der Waals surface area contributed by atoms with E-state index in [1.807, 2.05) is 11.1 Å². The number of non-ortho nitro benzene ring substituents is 1. The number of nitrogens with zero attached hydrogens (tertiary/aromatic N) is 3. The van der Waals surface area contributed by atoms with Gasteiger partial charge in [0.1, 0.15) is 0 Å². The van der Waals surface area contributed by atoms with Crippen LogP contribution < -0.4 is 5.32 Å². The third-order valence-electron chi connectivity index (χ3n) is 5.55. The van der Waals surface area contributed by atoms with E-state index in [1.54, 1.807) is 12.1 Å². The maximum Gasteiger partial charge on any atom is 0.317 e. The van der Waals surface area contributed by atoms with Crippen LogP contribution in [0.2, 0.25) is 0 Å². The predicted molar refractivity (Wildman–Crippen MR) is 98.2 cm³/mol. The number of likely N-dealkylation sites (tertiary alicyclic amines) is 1. The molecule has 2 N–H and O–H groups in total. The van der Waals surface area contributed by atoms with Crippen LogP contribution in [-0.2, 0) is 6.42 Å². The molecule has 2 aliphatic rings. The van der Waals surface area contributed by atoms with Gasteiger partial charge in [-0.2, -0.15) is 0 Å². The lowest BCUT2D eigenvalue weighted by Crippen LogP contribution is -2.46. The van der Waals surface area contributed by atoms with Gasteiger partial charge in [-0.3, -0.25) is 10.1 Å². The van der Waals surface area contributed by atoms with Gasteiger partial charge in [-0.1, -0.05) is 0 Å². The van der Waals surface area contributed by atoms with Gasteiger partial charge in [0, 0.05) is 68.0 Å². The van der Waals surface area contributed by atoms with Crippen LogP contribution in [0.5, 0.6) is 0 Å². The molecule has 8 heteroatoms. The van der Waals surface area contributed by atoms with Crippen LogP contribution in [-0.4, -0.2) is 64.5 Å². The number of H-pyrrole nitrogens is 1. The van der Waals surface area contributed by atoms with E-state index in [-0.39, 0.29) is 16.6 Å². The number of carbonyl (C=O) groups is 1. The van der Waals surface area contributed by atoms with Crippen LogP contribution in [0.1, 0.15) is 18.4 Å². The summed E-state index contributed by atoms with van der Waals surface area (Å²) in [5, 5.41) is 14.8. The second kappa shape index (κ2) is 6.95. The highest BCUT2D eigenvalue weighted by Crippen LogP contribution is 2.25. The Morgan fingerprint density at radius 2 is 2.04 bits per heavy atom. The monoisotopic (exact) mass is 357 g/mol. The minimum atomic E-state index is -0.352. The minimum absolute atomic E-state index is 0.0730. The molecule has 1 aromatic heterocycles. The molecule has 2 aromatic rings. The first kappa shape index (κ1) is 16.8. The molecule has 3 heterocycles. The normalized spacial score (nSPS) is 19.2. The average molecular weight is 357 g/mol. The number of amides is 2. The van der Waals surface area contributed by atoms with Crippen LogP contribution in [0.4, 0.5) is 10.5 Å². The second-order valence-electron chi connectivity index (χ2n) is 7.05. The summed E-state index contributed by atoms with van der Waals surface area (Å²) in [6.45, 7) is 4.46. The Balaban J connectivity index is 1.35. The molecule has 2 fully saturated rings. The Labute approximate surface area is 151 Å². The molecular weight excluding hydrogens is 334 g/mol. The van der Waals surface area contributed by atoms with Gasteiger partial charge in [-0.05, 0) is 30.9 Å². The SMILES string of the molecule is O=C1NCCN1C1CCN(CCc2c[nH]c3ccc([N+](=O)[O-])cc23)CC1. The molecule has 2 amide bonds. The molecule has 0 aliphatic carbocycles. The second-order valence-corrected chi connectivity index (χ2v) is 7.05. The lowest BCUT2D eigenvalue weighted by Gasteiger charge is -2.36. The summed E-state index contributed by atoms with van der Waals surface area (Å²) >= 11 is 0. The number of fused-ring (bicyclic) bond motifs is 1. The molecule has 0 spiro atoms. The number of nitrogens with one attached hydrogen (secondary N) is 2. The molecule has 26 heavy (non-hydrogen) atoms. The first-order valence-corrected chi connectivity index (χ1v) is 9.13. The summed E-state index contributed by atoms with van der Waals surface area (Å²) < 4.78 is 0. The summed E-state index contributed by atoms with van der Waals surface area (Å²) in [6, 6.07) is 5.37.